The van der Waals surface area contributed by atoms with Crippen LogP contribution in [-0.2, 0) is 9.53 Å². The van der Waals surface area contributed by atoms with Crippen LogP contribution >= 0.6 is 0 Å². The maximum absolute atomic E-state index is 13.1. The smallest absolute Gasteiger partial charge is 0.261 e. The first-order valence-corrected chi connectivity index (χ1v) is 7.71. The van der Waals surface area contributed by atoms with Crippen LogP contribution in [0.15, 0.2) is 59.1 Å². The van der Waals surface area contributed by atoms with Gasteiger partial charge in [0.1, 0.15) is 17.6 Å². The van der Waals surface area contributed by atoms with Gasteiger partial charge < -0.3 is 9.15 Å². The summed E-state index contributed by atoms with van der Waals surface area (Å²) in [6, 6.07) is 10.9. The lowest BCUT2D eigenvalue weighted by Gasteiger charge is -2.40. The van der Waals surface area contributed by atoms with Gasteiger partial charge in [0.2, 0.25) is 0 Å². The number of benzene rings is 1. The average molecular weight is 325 g/mol. The fourth-order valence-corrected chi connectivity index (χ4v) is 2.79. The van der Waals surface area contributed by atoms with Gasteiger partial charge in [-0.25, -0.2) is 0 Å². The molecule has 0 saturated carbocycles. The van der Waals surface area contributed by atoms with Crippen molar-refractivity contribution in [2.45, 2.75) is 26.3 Å². The number of allylic oxidation sites excluding steroid dienone is 1. The molecule has 1 aliphatic rings. The van der Waals surface area contributed by atoms with Crippen LogP contribution in [0.4, 0.5) is 0 Å². The molecule has 0 radical (unpaired) electrons. The monoisotopic (exact) mass is 325 g/mol. The zero-order valence-electron chi connectivity index (χ0n) is 13.9. The van der Waals surface area contributed by atoms with Crippen LogP contribution in [0.25, 0.3) is 5.57 Å². The van der Waals surface area contributed by atoms with Crippen LogP contribution in [0.2, 0.25) is 0 Å². The molecule has 0 atom stereocenters. The minimum absolute atomic E-state index is 0.0393. The van der Waals surface area contributed by atoms with Crippen LogP contribution in [0.3, 0.4) is 0 Å². The van der Waals surface area contributed by atoms with E-state index in [9.17, 15) is 9.59 Å². The summed E-state index contributed by atoms with van der Waals surface area (Å²) < 4.78 is 10.7. The Hall–Kier alpha value is -2.82. The van der Waals surface area contributed by atoms with Crippen molar-refractivity contribution in [3.63, 3.8) is 0 Å². The topological polar surface area (TPSA) is 59.8 Å². The number of carbonyl (C=O) groups is 2. The van der Waals surface area contributed by atoms with Gasteiger partial charge >= 0.3 is 0 Å². The molecule has 0 fully saturated rings. The summed E-state index contributed by atoms with van der Waals surface area (Å²) in [5.74, 6) is 0.154. The molecule has 0 spiro atoms. The van der Waals surface area contributed by atoms with Gasteiger partial charge in [0.15, 0.2) is 12.5 Å². The predicted molar refractivity (Wildman–Crippen MR) is 89.0 cm³/mol. The SMILES string of the molecule is CC1=C(c2ccccc2)C(=O)N(C(C)(C)C(=O)c2ccoc2)CO1. The number of Topliss-reactive ketones (excluding diaryl/α,β-unsaturated/α-hetero) is 1. The highest BCUT2D eigenvalue weighted by atomic mass is 16.5. The van der Waals surface area contributed by atoms with Gasteiger partial charge in [-0.05, 0) is 32.4 Å². The number of nitrogens with zero attached hydrogens (tertiary/aromatic N) is 1. The maximum Gasteiger partial charge on any atom is 0.261 e. The highest BCUT2D eigenvalue weighted by molar-refractivity contribution is 6.22. The van der Waals surface area contributed by atoms with E-state index in [1.54, 1.807) is 26.8 Å². The van der Waals surface area contributed by atoms with E-state index in [1.807, 2.05) is 30.3 Å². The van der Waals surface area contributed by atoms with Gasteiger partial charge in [0.25, 0.3) is 5.91 Å². The summed E-state index contributed by atoms with van der Waals surface area (Å²) >= 11 is 0. The number of furan rings is 1. The van der Waals surface area contributed by atoms with E-state index in [-0.39, 0.29) is 18.4 Å². The molecule has 3 rings (SSSR count). The Bertz CT molecular complexity index is 788. The summed E-state index contributed by atoms with van der Waals surface area (Å²) in [4.78, 5) is 27.3. The lowest BCUT2D eigenvalue weighted by Crippen LogP contribution is -2.55. The van der Waals surface area contributed by atoms with Gasteiger partial charge in [-0.1, -0.05) is 30.3 Å². The molecule has 1 aromatic carbocycles. The van der Waals surface area contributed by atoms with Crippen molar-refractivity contribution >= 4 is 17.3 Å². The standard InChI is InChI=1S/C19H19NO4/c1-13-16(14-7-5-4-6-8-14)18(22)20(12-24-13)19(2,3)17(21)15-9-10-23-11-15/h4-11H,12H2,1-3H3. The van der Waals surface area contributed by atoms with E-state index in [0.29, 0.717) is 16.9 Å². The lowest BCUT2D eigenvalue weighted by molar-refractivity contribution is -0.136. The normalized spacial score (nSPS) is 15.5. The van der Waals surface area contributed by atoms with Crippen LogP contribution in [0.1, 0.15) is 36.7 Å². The van der Waals surface area contributed by atoms with E-state index >= 15 is 0 Å². The van der Waals surface area contributed by atoms with E-state index in [2.05, 4.69) is 0 Å². The second kappa shape index (κ2) is 6.00. The molecule has 0 bridgehead atoms. The Morgan fingerprint density at radius 1 is 1.17 bits per heavy atom. The van der Waals surface area contributed by atoms with Crippen LogP contribution in [-0.4, -0.2) is 28.9 Å². The predicted octanol–water partition coefficient (Wildman–Crippen LogP) is 3.49. The molecule has 124 valence electrons. The highest BCUT2D eigenvalue weighted by Gasteiger charge is 2.42. The Morgan fingerprint density at radius 2 is 1.88 bits per heavy atom. The molecule has 2 aromatic rings. The molecule has 0 N–H and O–H groups in total. The second-order valence-corrected chi connectivity index (χ2v) is 6.20. The molecule has 0 saturated heterocycles. The molecular weight excluding hydrogens is 306 g/mol. The Kier molecular flexibility index (Phi) is 4.01. The van der Waals surface area contributed by atoms with Gasteiger partial charge in [-0.15, -0.1) is 0 Å². The molecule has 0 aliphatic carbocycles. The minimum atomic E-state index is -1.05. The van der Waals surface area contributed by atoms with Crippen LogP contribution in [0.5, 0.6) is 0 Å². The number of carbonyl (C=O) groups excluding carboxylic acids is 2. The second-order valence-electron chi connectivity index (χ2n) is 6.20. The fourth-order valence-electron chi connectivity index (χ4n) is 2.79. The first-order valence-electron chi connectivity index (χ1n) is 7.71. The quantitative estimate of drug-likeness (QED) is 0.807. The zero-order chi connectivity index (χ0) is 17.3. The first kappa shape index (κ1) is 16.1. The number of ketones is 1. The van der Waals surface area contributed by atoms with Crippen LogP contribution < -0.4 is 0 Å². The van der Waals surface area contributed by atoms with Crippen molar-refractivity contribution in [1.82, 2.24) is 4.90 Å². The molecule has 1 amide bonds. The Balaban J connectivity index is 1.96. The molecule has 24 heavy (non-hydrogen) atoms. The summed E-state index contributed by atoms with van der Waals surface area (Å²) in [6.07, 6.45) is 2.83. The first-order chi connectivity index (χ1) is 11.4. The van der Waals surface area contributed by atoms with Gasteiger partial charge in [0.05, 0.1) is 17.4 Å². The zero-order valence-corrected chi connectivity index (χ0v) is 13.9. The third-order valence-electron chi connectivity index (χ3n) is 4.30. The number of rotatable bonds is 4. The Labute approximate surface area is 140 Å². The fraction of sp³-hybridized carbons (Fsp3) is 0.263. The molecule has 0 unspecified atom stereocenters. The van der Waals surface area contributed by atoms with Gasteiger partial charge in [-0.2, -0.15) is 0 Å². The molecule has 2 heterocycles. The maximum atomic E-state index is 13.1. The van der Waals surface area contributed by atoms with E-state index in [4.69, 9.17) is 9.15 Å². The van der Waals surface area contributed by atoms with Crippen molar-refractivity contribution in [1.29, 1.82) is 0 Å². The minimum Gasteiger partial charge on any atom is -0.477 e. The van der Waals surface area contributed by atoms with Crippen molar-refractivity contribution in [2.24, 2.45) is 0 Å². The molecule has 1 aliphatic heterocycles. The lowest BCUT2D eigenvalue weighted by atomic mass is 9.91. The summed E-state index contributed by atoms with van der Waals surface area (Å²) in [6.45, 7) is 5.24. The van der Waals surface area contributed by atoms with Crippen molar-refractivity contribution in [2.75, 3.05) is 6.73 Å². The average Bonchev–Trinajstić information content (AvgIpc) is 3.09. The number of amides is 1. The number of hydrogen-bond acceptors (Lipinski definition) is 4. The van der Waals surface area contributed by atoms with Gasteiger partial charge in [0, 0.05) is 0 Å². The van der Waals surface area contributed by atoms with Crippen LogP contribution in [0, 0.1) is 0 Å². The van der Waals surface area contributed by atoms with Crippen molar-refractivity contribution in [3.05, 3.63) is 65.8 Å². The summed E-state index contributed by atoms with van der Waals surface area (Å²) in [5, 5.41) is 0. The molecule has 5 heteroatoms. The largest absolute Gasteiger partial charge is 0.477 e. The summed E-state index contributed by atoms with van der Waals surface area (Å²) in [7, 11) is 0. The van der Waals surface area contributed by atoms with Crippen molar-refractivity contribution in [3.8, 4) is 0 Å². The van der Waals surface area contributed by atoms with E-state index in [0.717, 1.165) is 5.56 Å². The van der Waals surface area contributed by atoms with E-state index in [1.165, 1.54) is 17.4 Å². The third kappa shape index (κ3) is 2.62. The third-order valence-corrected chi connectivity index (χ3v) is 4.30. The number of ether oxygens (including phenoxy) is 1. The van der Waals surface area contributed by atoms with Crippen molar-refractivity contribution < 1.29 is 18.7 Å². The molecule has 1 aromatic heterocycles. The molecular formula is C19H19NO4. The van der Waals surface area contributed by atoms with E-state index < -0.39 is 5.54 Å². The summed E-state index contributed by atoms with van der Waals surface area (Å²) in [5.41, 5.74) is 0.633. The van der Waals surface area contributed by atoms with Gasteiger partial charge in [-0.3, -0.25) is 14.5 Å². The number of hydrogen-bond donors (Lipinski definition) is 0. The highest BCUT2D eigenvalue weighted by Crippen LogP contribution is 2.31. The Morgan fingerprint density at radius 3 is 2.50 bits per heavy atom. The molecule has 5 nitrogen and oxygen atoms in total.